The maximum Gasteiger partial charge on any atom is 0.271 e. The summed E-state index contributed by atoms with van der Waals surface area (Å²) >= 11 is 7.30. The van der Waals surface area contributed by atoms with Crippen LogP contribution >= 0.6 is 22.9 Å². The van der Waals surface area contributed by atoms with Gasteiger partial charge in [-0.25, -0.2) is 4.98 Å². The highest BCUT2D eigenvalue weighted by molar-refractivity contribution is 7.13. The van der Waals surface area contributed by atoms with Crippen LogP contribution in [-0.4, -0.2) is 23.3 Å². The second kappa shape index (κ2) is 7.96. The Morgan fingerprint density at radius 3 is 2.84 bits per heavy atom. The number of nitrogens with zero attached hydrogens (tertiary/aromatic N) is 1. The normalized spacial score (nSPS) is 10.4. The molecule has 2 amide bonds. The minimum Gasteiger partial charge on any atom is -0.467 e. The van der Waals surface area contributed by atoms with E-state index in [0.717, 1.165) is 5.56 Å². The van der Waals surface area contributed by atoms with Gasteiger partial charge in [-0.05, 0) is 24.3 Å². The summed E-state index contributed by atoms with van der Waals surface area (Å²) in [6, 6.07) is 10.7. The van der Waals surface area contributed by atoms with Crippen LogP contribution in [0.5, 0.6) is 0 Å². The second-order valence-corrected chi connectivity index (χ2v) is 6.38. The van der Waals surface area contributed by atoms with E-state index < -0.39 is 5.91 Å². The Morgan fingerprint density at radius 1 is 1.20 bits per heavy atom. The summed E-state index contributed by atoms with van der Waals surface area (Å²) in [4.78, 5) is 28.1. The van der Waals surface area contributed by atoms with Crippen LogP contribution in [0.25, 0.3) is 10.6 Å². The third kappa shape index (κ3) is 4.68. The molecular formula is C17H14ClN3O3S. The SMILES string of the molecule is O=C(CNC(=O)c1csc(-c2cccc(Cl)c2)n1)NCc1ccco1. The molecule has 0 bridgehead atoms. The molecule has 2 aromatic heterocycles. The second-order valence-electron chi connectivity index (χ2n) is 5.09. The van der Waals surface area contributed by atoms with Crippen molar-refractivity contribution >= 4 is 34.8 Å². The van der Waals surface area contributed by atoms with Gasteiger partial charge in [-0.3, -0.25) is 9.59 Å². The zero-order valence-electron chi connectivity index (χ0n) is 13.0. The molecule has 0 aliphatic carbocycles. The van der Waals surface area contributed by atoms with Gasteiger partial charge in [0.1, 0.15) is 16.5 Å². The van der Waals surface area contributed by atoms with E-state index in [1.54, 1.807) is 29.6 Å². The number of benzene rings is 1. The maximum absolute atomic E-state index is 12.1. The van der Waals surface area contributed by atoms with E-state index in [2.05, 4.69) is 15.6 Å². The summed E-state index contributed by atoms with van der Waals surface area (Å²) < 4.78 is 5.11. The van der Waals surface area contributed by atoms with E-state index in [4.69, 9.17) is 16.0 Å². The zero-order valence-corrected chi connectivity index (χ0v) is 14.6. The number of aromatic nitrogens is 1. The fraction of sp³-hybridized carbons (Fsp3) is 0.118. The highest BCUT2D eigenvalue weighted by atomic mass is 35.5. The van der Waals surface area contributed by atoms with Crippen molar-refractivity contribution in [3.05, 3.63) is 64.5 Å². The number of amides is 2. The molecule has 0 saturated carbocycles. The molecule has 0 atom stereocenters. The molecule has 0 fully saturated rings. The Balaban J connectivity index is 1.52. The largest absolute Gasteiger partial charge is 0.467 e. The van der Waals surface area contributed by atoms with E-state index in [-0.39, 0.29) is 24.7 Å². The maximum atomic E-state index is 12.1. The summed E-state index contributed by atoms with van der Waals surface area (Å²) in [5.41, 5.74) is 1.10. The molecule has 128 valence electrons. The molecule has 0 radical (unpaired) electrons. The van der Waals surface area contributed by atoms with E-state index in [9.17, 15) is 9.59 Å². The lowest BCUT2D eigenvalue weighted by atomic mass is 10.2. The van der Waals surface area contributed by atoms with Gasteiger partial charge in [0, 0.05) is 16.0 Å². The number of carbonyl (C=O) groups excluding carboxylic acids is 2. The van der Waals surface area contributed by atoms with Crippen molar-refractivity contribution in [3.8, 4) is 10.6 Å². The first-order valence-corrected chi connectivity index (χ1v) is 8.66. The Labute approximate surface area is 152 Å². The van der Waals surface area contributed by atoms with Crippen LogP contribution in [0.1, 0.15) is 16.2 Å². The molecule has 0 unspecified atom stereocenters. The van der Waals surface area contributed by atoms with Crippen molar-refractivity contribution < 1.29 is 14.0 Å². The van der Waals surface area contributed by atoms with Gasteiger partial charge < -0.3 is 15.1 Å². The quantitative estimate of drug-likeness (QED) is 0.693. The molecule has 0 saturated heterocycles. The fourth-order valence-corrected chi connectivity index (χ4v) is 3.03. The molecule has 0 spiro atoms. The van der Waals surface area contributed by atoms with Crippen molar-refractivity contribution in [2.45, 2.75) is 6.54 Å². The summed E-state index contributed by atoms with van der Waals surface area (Å²) in [5, 5.41) is 8.13. The predicted octanol–water partition coefficient (Wildman–Crippen LogP) is 3.10. The summed E-state index contributed by atoms with van der Waals surface area (Å²) in [7, 11) is 0. The van der Waals surface area contributed by atoms with Crippen LogP contribution in [-0.2, 0) is 11.3 Å². The van der Waals surface area contributed by atoms with E-state index in [1.165, 1.54) is 17.6 Å². The molecule has 3 aromatic rings. The molecule has 3 rings (SSSR count). The highest BCUT2D eigenvalue weighted by Crippen LogP contribution is 2.25. The third-order valence-corrected chi connectivity index (χ3v) is 4.38. The number of rotatable bonds is 6. The van der Waals surface area contributed by atoms with Gasteiger partial charge in [0.15, 0.2) is 0 Å². The molecule has 25 heavy (non-hydrogen) atoms. The van der Waals surface area contributed by atoms with Crippen LogP contribution in [0.3, 0.4) is 0 Å². The molecular weight excluding hydrogens is 362 g/mol. The summed E-state index contributed by atoms with van der Waals surface area (Å²) in [6.45, 7) is 0.140. The van der Waals surface area contributed by atoms with E-state index >= 15 is 0 Å². The average Bonchev–Trinajstić information content (AvgIpc) is 3.29. The summed E-state index contributed by atoms with van der Waals surface area (Å²) in [5.74, 6) is -0.0712. The van der Waals surface area contributed by atoms with E-state index in [0.29, 0.717) is 15.8 Å². The molecule has 2 N–H and O–H groups in total. The lowest BCUT2D eigenvalue weighted by Crippen LogP contribution is -2.36. The van der Waals surface area contributed by atoms with Crippen molar-refractivity contribution in [1.82, 2.24) is 15.6 Å². The number of thiazole rings is 1. The minimum absolute atomic E-state index is 0.135. The first kappa shape index (κ1) is 17.2. The number of nitrogens with one attached hydrogen (secondary N) is 2. The molecule has 0 aliphatic heterocycles. The lowest BCUT2D eigenvalue weighted by molar-refractivity contribution is -0.120. The smallest absolute Gasteiger partial charge is 0.271 e. The molecule has 1 aromatic carbocycles. The van der Waals surface area contributed by atoms with Gasteiger partial charge in [0.25, 0.3) is 5.91 Å². The average molecular weight is 376 g/mol. The van der Waals surface area contributed by atoms with Crippen LogP contribution in [0.4, 0.5) is 0 Å². The number of hydrogen-bond acceptors (Lipinski definition) is 5. The van der Waals surface area contributed by atoms with Crippen LogP contribution < -0.4 is 10.6 Å². The van der Waals surface area contributed by atoms with Gasteiger partial charge >= 0.3 is 0 Å². The van der Waals surface area contributed by atoms with Gasteiger partial charge in [0.2, 0.25) is 5.91 Å². The Bertz CT molecular complexity index is 877. The predicted molar refractivity (Wildman–Crippen MR) is 95.4 cm³/mol. The molecule has 0 aliphatic rings. The van der Waals surface area contributed by atoms with Crippen LogP contribution in [0, 0.1) is 0 Å². The van der Waals surface area contributed by atoms with Crippen molar-refractivity contribution in [2.24, 2.45) is 0 Å². The minimum atomic E-state index is -0.405. The molecule has 6 nitrogen and oxygen atoms in total. The van der Waals surface area contributed by atoms with Crippen molar-refractivity contribution in [2.75, 3.05) is 6.54 Å². The molecule has 8 heteroatoms. The van der Waals surface area contributed by atoms with Gasteiger partial charge in [-0.15, -0.1) is 11.3 Å². The first-order valence-electron chi connectivity index (χ1n) is 7.40. The number of halogens is 1. The zero-order chi connectivity index (χ0) is 17.6. The topological polar surface area (TPSA) is 84.2 Å². The number of hydrogen-bond donors (Lipinski definition) is 2. The Kier molecular flexibility index (Phi) is 5.47. The standard InChI is InChI=1S/C17H14ClN3O3S/c18-12-4-1-3-11(7-12)17-21-14(10-25-17)16(23)20-9-15(22)19-8-13-5-2-6-24-13/h1-7,10H,8-9H2,(H,19,22)(H,20,23). The summed E-state index contributed by atoms with van der Waals surface area (Å²) in [6.07, 6.45) is 1.53. The van der Waals surface area contributed by atoms with Gasteiger partial charge in [0.05, 0.1) is 19.4 Å². The third-order valence-electron chi connectivity index (χ3n) is 3.26. The van der Waals surface area contributed by atoms with Crippen LogP contribution in [0.2, 0.25) is 5.02 Å². The monoisotopic (exact) mass is 375 g/mol. The Morgan fingerprint density at radius 2 is 2.08 bits per heavy atom. The molecule has 2 heterocycles. The van der Waals surface area contributed by atoms with Crippen LogP contribution in [0.15, 0.2) is 52.5 Å². The van der Waals surface area contributed by atoms with Crippen molar-refractivity contribution in [3.63, 3.8) is 0 Å². The Hall–Kier alpha value is -2.64. The van der Waals surface area contributed by atoms with Gasteiger partial charge in [-0.2, -0.15) is 0 Å². The number of carbonyl (C=O) groups is 2. The first-order chi connectivity index (χ1) is 12.1. The lowest BCUT2D eigenvalue weighted by Gasteiger charge is -2.04. The number of furan rings is 1. The van der Waals surface area contributed by atoms with Gasteiger partial charge in [-0.1, -0.05) is 23.7 Å². The van der Waals surface area contributed by atoms with Crippen molar-refractivity contribution in [1.29, 1.82) is 0 Å². The fourth-order valence-electron chi connectivity index (χ4n) is 2.04. The van der Waals surface area contributed by atoms with E-state index in [1.807, 2.05) is 12.1 Å². The highest BCUT2D eigenvalue weighted by Gasteiger charge is 2.13.